The Kier molecular flexibility index (Phi) is 12.2. The van der Waals surface area contributed by atoms with Crippen molar-refractivity contribution in [3.63, 3.8) is 0 Å². The largest absolute Gasteiger partial charge is 0.388 e. The molecule has 1 unspecified atom stereocenters. The number of rotatable bonds is 10. The van der Waals surface area contributed by atoms with Crippen LogP contribution < -0.4 is 0 Å². The van der Waals surface area contributed by atoms with Crippen LogP contribution in [0.25, 0.3) is 0 Å². The van der Waals surface area contributed by atoms with Gasteiger partial charge in [0.25, 0.3) is 0 Å². The molecule has 0 heterocycles. The summed E-state index contributed by atoms with van der Waals surface area (Å²) in [7, 11) is 0. The number of hydrogen-bond donors (Lipinski definition) is 1. The van der Waals surface area contributed by atoms with Crippen LogP contribution in [0.2, 0.25) is 0 Å². The molecule has 1 atom stereocenters. The van der Waals surface area contributed by atoms with Crippen molar-refractivity contribution >= 4 is 0 Å². The Balaban J connectivity index is 3.60. The predicted molar refractivity (Wildman–Crippen MR) is 80.4 cm³/mol. The average Bonchev–Trinajstić information content (AvgIpc) is 2.37. The Bertz CT molecular complexity index is 257. The van der Waals surface area contributed by atoms with E-state index in [1.54, 1.807) is 0 Å². The van der Waals surface area contributed by atoms with Gasteiger partial charge in [0.1, 0.15) is 0 Å². The highest BCUT2D eigenvalue weighted by Crippen LogP contribution is 2.09. The SMILES string of the molecule is C=C(C#CCCCCCCC)C(O)CCCCC. The zero-order valence-electron chi connectivity index (χ0n) is 12.3. The molecule has 0 rings (SSSR count). The van der Waals surface area contributed by atoms with E-state index >= 15 is 0 Å². The van der Waals surface area contributed by atoms with Crippen LogP contribution in [0.1, 0.15) is 78.1 Å². The van der Waals surface area contributed by atoms with Crippen molar-refractivity contribution in [1.29, 1.82) is 0 Å². The molecular weight excluding hydrogens is 220 g/mol. The Morgan fingerprint density at radius 3 is 2.28 bits per heavy atom. The summed E-state index contributed by atoms with van der Waals surface area (Å²) < 4.78 is 0. The van der Waals surface area contributed by atoms with Crippen molar-refractivity contribution in [2.45, 2.75) is 84.2 Å². The summed E-state index contributed by atoms with van der Waals surface area (Å²) in [6, 6.07) is 0. The van der Waals surface area contributed by atoms with Gasteiger partial charge in [0.05, 0.1) is 6.10 Å². The van der Waals surface area contributed by atoms with E-state index < -0.39 is 6.10 Å². The summed E-state index contributed by atoms with van der Waals surface area (Å²) in [5.74, 6) is 6.13. The monoisotopic (exact) mass is 250 g/mol. The highest BCUT2D eigenvalue weighted by atomic mass is 16.3. The third-order valence-corrected chi connectivity index (χ3v) is 3.14. The fourth-order valence-corrected chi connectivity index (χ4v) is 1.84. The van der Waals surface area contributed by atoms with E-state index in [0.717, 1.165) is 19.3 Å². The van der Waals surface area contributed by atoms with E-state index in [2.05, 4.69) is 32.3 Å². The van der Waals surface area contributed by atoms with Gasteiger partial charge in [-0.3, -0.25) is 0 Å². The lowest BCUT2D eigenvalue weighted by Crippen LogP contribution is -2.07. The molecule has 0 amide bonds. The van der Waals surface area contributed by atoms with Crippen molar-refractivity contribution in [2.24, 2.45) is 0 Å². The summed E-state index contributed by atoms with van der Waals surface area (Å²) in [4.78, 5) is 0. The van der Waals surface area contributed by atoms with Crippen molar-refractivity contribution < 1.29 is 5.11 Å². The van der Waals surface area contributed by atoms with Gasteiger partial charge in [0.2, 0.25) is 0 Å². The van der Waals surface area contributed by atoms with Gasteiger partial charge in [-0.05, 0) is 12.8 Å². The molecule has 0 aromatic rings. The first-order chi connectivity index (χ1) is 8.72. The zero-order chi connectivity index (χ0) is 13.6. The summed E-state index contributed by atoms with van der Waals surface area (Å²) in [6.07, 6.45) is 11.1. The minimum atomic E-state index is -0.427. The van der Waals surface area contributed by atoms with Gasteiger partial charge < -0.3 is 5.11 Å². The highest BCUT2D eigenvalue weighted by molar-refractivity contribution is 5.28. The Labute approximate surface area is 114 Å². The standard InChI is InChI=1S/C17H30O/c1-4-6-8-9-10-11-13-14-16(3)17(18)15-12-7-5-2/h17-18H,3-12,15H2,1-2H3. The average molecular weight is 250 g/mol. The first-order valence-corrected chi connectivity index (χ1v) is 7.58. The molecule has 1 nitrogen and oxygen atoms in total. The third-order valence-electron chi connectivity index (χ3n) is 3.14. The minimum absolute atomic E-state index is 0.427. The topological polar surface area (TPSA) is 20.2 Å². The van der Waals surface area contributed by atoms with Crippen LogP contribution in [0.5, 0.6) is 0 Å². The molecule has 0 aliphatic rings. The van der Waals surface area contributed by atoms with Crippen molar-refractivity contribution in [1.82, 2.24) is 0 Å². The van der Waals surface area contributed by atoms with E-state index in [0.29, 0.717) is 5.57 Å². The van der Waals surface area contributed by atoms with Gasteiger partial charge in [-0.25, -0.2) is 0 Å². The molecule has 0 radical (unpaired) electrons. The van der Waals surface area contributed by atoms with E-state index in [4.69, 9.17) is 0 Å². The normalized spacial score (nSPS) is 11.7. The molecule has 0 aromatic heterocycles. The van der Waals surface area contributed by atoms with Crippen LogP contribution in [0.3, 0.4) is 0 Å². The first kappa shape index (κ1) is 17.3. The maximum Gasteiger partial charge on any atom is 0.0862 e. The Morgan fingerprint density at radius 1 is 1.00 bits per heavy atom. The molecule has 0 aromatic carbocycles. The van der Waals surface area contributed by atoms with E-state index in [1.807, 2.05) is 0 Å². The number of aliphatic hydroxyl groups is 1. The van der Waals surface area contributed by atoms with Gasteiger partial charge in [-0.2, -0.15) is 0 Å². The maximum absolute atomic E-state index is 9.81. The summed E-state index contributed by atoms with van der Waals surface area (Å²) in [5.41, 5.74) is 0.694. The highest BCUT2D eigenvalue weighted by Gasteiger charge is 2.05. The molecule has 1 N–H and O–H groups in total. The molecular formula is C17H30O. The second kappa shape index (κ2) is 12.7. The molecule has 0 aliphatic heterocycles. The fourth-order valence-electron chi connectivity index (χ4n) is 1.84. The van der Waals surface area contributed by atoms with Crippen LogP contribution in [0.15, 0.2) is 12.2 Å². The molecule has 0 saturated carbocycles. The van der Waals surface area contributed by atoms with Crippen LogP contribution in [0, 0.1) is 11.8 Å². The van der Waals surface area contributed by atoms with Gasteiger partial charge in [-0.15, -0.1) is 0 Å². The van der Waals surface area contributed by atoms with Crippen LogP contribution in [-0.4, -0.2) is 11.2 Å². The fraction of sp³-hybridized carbons (Fsp3) is 0.765. The van der Waals surface area contributed by atoms with Crippen LogP contribution in [0.4, 0.5) is 0 Å². The van der Waals surface area contributed by atoms with E-state index in [-0.39, 0.29) is 0 Å². The van der Waals surface area contributed by atoms with Crippen LogP contribution in [-0.2, 0) is 0 Å². The van der Waals surface area contributed by atoms with Gasteiger partial charge in [-0.1, -0.05) is 77.2 Å². The molecule has 0 aliphatic carbocycles. The third kappa shape index (κ3) is 10.4. The van der Waals surface area contributed by atoms with Gasteiger partial charge in [0.15, 0.2) is 0 Å². The van der Waals surface area contributed by atoms with Crippen molar-refractivity contribution in [2.75, 3.05) is 0 Å². The number of unbranched alkanes of at least 4 members (excludes halogenated alkanes) is 7. The molecule has 0 saturated heterocycles. The molecule has 104 valence electrons. The lowest BCUT2D eigenvalue weighted by molar-refractivity contribution is 0.201. The lowest BCUT2D eigenvalue weighted by atomic mass is 10.0. The van der Waals surface area contributed by atoms with Crippen molar-refractivity contribution in [3.8, 4) is 11.8 Å². The van der Waals surface area contributed by atoms with Gasteiger partial charge >= 0.3 is 0 Å². The predicted octanol–water partition coefficient (Wildman–Crippen LogP) is 4.85. The molecule has 1 heteroatoms. The quantitative estimate of drug-likeness (QED) is 0.434. The number of hydrogen-bond acceptors (Lipinski definition) is 1. The molecule has 0 fully saturated rings. The summed E-state index contributed by atoms with van der Waals surface area (Å²) in [5, 5.41) is 9.81. The second-order valence-electron chi connectivity index (χ2n) is 5.00. The van der Waals surface area contributed by atoms with Crippen LogP contribution >= 0.6 is 0 Å². The summed E-state index contributed by atoms with van der Waals surface area (Å²) in [6.45, 7) is 8.25. The Hall–Kier alpha value is -0.740. The van der Waals surface area contributed by atoms with Gasteiger partial charge in [0, 0.05) is 12.0 Å². The number of aliphatic hydroxyl groups excluding tert-OH is 1. The van der Waals surface area contributed by atoms with E-state index in [9.17, 15) is 5.11 Å². The lowest BCUT2D eigenvalue weighted by Gasteiger charge is -2.07. The molecule has 0 spiro atoms. The minimum Gasteiger partial charge on any atom is -0.388 e. The summed E-state index contributed by atoms with van der Waals surface area (Å²) >= 11 is 0. The van der Waals surface area contributed by atoms with E-state index in [1.165, 1.54) is 44.9 Å². The van der Waals surface area contributed by atoms with Crippen molar-refractivity contribution in [3.05, 3.63) is 12.2 Å². The second-order valence-corrected chi connectivity index (χ2v) is 5.00. The first-order valence-electron chi connectivity index (χ1n) is 7.58. The smallest absolute Gasteiger partial charge is 0.0862 e. The molecule has 18 heavy (non-hydrogen) atoms. The molecule has 0 bridgehead atoms. The maximum atomic E-state index is 9.81. The Morgan fingerprint density at radius 2 is 1.61 bits per heavy atom. The zero-order valence-corrected chi connectivity index (χ0v) is 12.3.